The van der Waals surface area contributed by atoms with E-state index in [2.05, 4.69) is 20.9 Å². The summed E-state index contributed by atoms with van der Waals surface area (Å²) in [5.41, 5.74) is 1.62. The molecule has 0 bridgehead atoms. The Balaban J connectivity index is 1.76. The summed E-state index contributed by atoms with van der Waals surface area (Å²) in [6.07, 6.45) is -1.05. The Morgan fingerprint density at radius 2 is 2.04 bits per heavy atom. The van der Waals surface area contributed by atoms with Gasteiger partial charge in [-0.1, -0.05) is 29.3 Å². The molecule has 146 valence electrons. The number of amides is 3. The molecule has 1 aromatic heterocycles. The molecule has 1 heterocycles. The van der Waals surface area contributed by atoms with Gasteiger partial charge in [-0.05, 0) is 24.7 Å². The van der Waals surface area contributed by atoms with E-state index in [1.54, 1.807) is 18.2 Å². The number of likely N-dealkylation sites (N-methyl/N-ethyl adjacent to an activating group) is 1. The van der Waals surface area contributed by atoms with Crippen LogP contribution >= 0.6 is 34.5 Å². The van der Waals surface area contributed by atoms with Crippen LogP contribution in [0.25, 0.3) is 0 Å². The van der Waals surface area contributed by atoms with Crippen LogP contribution in [0.5, 0.6) is 0 Å². The van der Waals surface area contributed by atoms with Gasteiger partial charge in [0, 0.05) is 31.6 Å². The number of aromatic nitrogens is 1. The fourth-order valence-electron chi connectivity index (χ4n) is 2.12. The number of hydrogen-bond donors (Lipinski definition) is 4. The number of nitrogens with zero attached hydrogens (tertiary/aromatic N) is 2. The van der Waals surface area contributed by atoms with Crippen molar-refractivity contribution in [2.45, 2.75) is 13.1 Å². The van der Waals surface area contributed by atoms with Gasteiger partial charge < -0.3 is 15.7 Å². The molecular formula is C16H19Cl2N5O3S. The summed E-state index contributed by atoms with van der Waals surface area (Å²) in [6.45, 7) is 1.74. The van der Waals surface area contributed by atoms with Crippen molar-refractivity contribution in [1.82, 2.24) is 20.5 Å². The van der Waals surface area contributed by atoms with E-state index < -0.39 is 6.09 Å². The van der Waals surface area contributed by atoms with Crippen molar-refractivity contribution >= 4 is 51.8 Å². The lowest BCUT2D eigenvalue weighted by Gasteiger charge is -2.14. The Hall–Kier alpha value is -2.07. The van der Waals surface area contributed by atoms with Crippen molar-refractivity contribution in [3.05, 3.63) is 44.9 Å². The molecule has 1 aromatic carbocycles. The highest BCUT2D eigenvalue weighted by atomic mass is 35.5. The molecule has 0 radical (unpaired) electrons. The van der Waals surface area contributed by atoms with Gasteiger partial charge >= 0.3 is 12.1 Å². The monoisotopic (exact) mass is 431 g/mol. The molecule has 8 nitrogen and oxygen atoms in total. The molecule has 11 heteroatoms. The van der Waals surface area contributed by atoms with Crippen LogP contribution in [-0.2, 0) is 13.1 Å². The Morgan fingerprint density at radius 1 is 1.26 bits per heavy atom. The molecule has 0 aliphatic carbocycles. The Morgan fingerprint density at radius 3 is 2.74 bits per heavy atom. The standard InChI is InChI=1S/C16H19Cl2N5O3S/c1-23(5-4-19-16(25)26)8-11-9-27-15(21-11)22-14(24)20-7-10-2-3-12(17)13(18)6-10/h2-3,6,9,19H,4-5,7-8H2,1H3,(H,25,26)(H2,20,21,22,24). The maximum Gasteiger partial charge on any atom is 0.404 e. The number of carbonyl (C=O) groups is 2. The van der Waals surface area contributed by atoms with Crippen molar-refractivity contribution in [2.24, 2.45) is 0 Å². The number of hydrogen-bond acceptors (Lipinski definition) is 5. The molecule has 4 N–H and O–H groups in total. The number of halogens is 2. The minimum atomic E-state index is -1.05. The minimum absolute atomic E-state index is 0.306. The van der Waals surface area contributed by atoms with Crippen LogP contribution in [0.4, 0.5) is 14.7 Å². The molecule has 0 unspecified atom stereocenters. The third-order valence-electron chi connectivity index (χ3n) is 3.41. The first-order valence-corrected chi connectivity index (χ1v) is 9.55. The lowest BCUT2D eigenvalue weighted by Crippen LogP contribution is -2.31. The highest BCUT2D eigenvalue weighted by Crippen LogP contribution is 2.22. The van der Waals surface area contributed by atoms with Crippen molar-refractivity contribution in [3.8, 4) is 0 Å². The first kappa shape index (κ1) is 21.2. The van der Waals surface area contributed by atoms with Crippen LogP contribution < -0.4 is 16.0 Å². The summed E-state index contributed by atoms with van der Waals surface area (Å²) < 4.78 is 0. The van der Waals surface area contributed by atoms with Gasteiger partial charge in [-0.3, -0.25) is 10.2 Å². The van der Waals surface area contributed by atoms with E-state index in [0.29, 0.717) is 41.4 Å². The van der Waals surface area contributed by atoms with Gasteiger partial charge in [-0.15, -0.1) is 11.3 Å². The summed E-state index contributed by atoms with van der Waals surface area (Å²) in [6, 6.07) is 4.78. The topological polar surface area (TPSA) is 107 Å². The molecular weight excluding hydrogens is 413 g/mol. The zero-order valence-corrected chi connectivity index (χ0v) is 16.8. The first-order chi connectivity index (χ1) is 12.8. The number of anilines is 1. The summed E-state index contributed by atoms with van der Waals surface area (Å²) in [5.74, 6) is 0. The van der Waals surface area contributed by atoms with Gasteiger partial charge in [-0.2, -0.15) is 0 Å². The summed E-state index contributed by atoms with van der Waals surface area (Å²) in [5, 5.41) is 19.5. The highest BCUT2D eigenvalue weighted by Gasteiger charge is 2.09. The maximum absolute atomic E-state index is 12.0. The zero-order valence-electron chi connectivity index (χ0n) is 14.5. The molecule has 0 aliphatic rings. The Kier molecular flexibility index (Phi) is 8.11. The fraction of sp³-hybridized carbons (Fsp3) is 0.312. The quantitative estimate of drug-likeness (QED) is 0.511. The minimum Gasteiger partial charge on any atom is -0.465 e. The van der Waals surface area contributed by atoms with Crippen LogP contribution in [0.3, 0.4) is 0 Å². The first-order valence-electron chi connectivity index (χ1n) is 7.92. The number of rotatable bonds is 8. The highest BCUT2D eigenvalue weighted by molar-refractivity contribution is 7.13. The van der Waals surface area contributed by atoms with Gasteiger partial charge in [0.15, 0.2) is 5.13 Å². The molecule has 0 fully saturated rings. The zero-order chi connectivity index (χ0) is 19.8. The van der Waals surface area contributed by atoms with Crippen molar-refractivity contribution < 1.29 is 14.7 Å². The van der Waals surface area contributed by atoms with Crippen LogP contribution in [0.1, 0.15) is 11.3 Å². The number of benzene rings is 1. The van der Waals surface area contributed by atoms with Crippen LogP contribution in [0.15, 0.2) is 23.6 Å². The summed E-state index contributed by atoms with van der Waals surface area (Å²) in [7, 11) is 1.86. The van der Waals surface area contributed by atoms with E-state index in [4.69, 9.17) is 28.3 Å². The predicted molar refractivity (Wildman–Crippen MR) is 107 cm³/mol. The molecule has 0 aliphatic heterocycles. The molecule has 27 heavy (non-hydrogen) atoms. The average molecular weight is 432 g/mol. The summed E-state index contributed by atoms with van der Waals surface area (Å²) >= 11 is 13.1. The maximum atomic E-state index is 12.0. The largest absolute Gasteiger partial charge is 0.465 e. The van der Waals surface area contributed by atoms with E-state index in [9.17, 15) is 9.59 Å². The van der Waals surface area contributed by atoms with Crippen LogP contribution in [0, 0.1) is 0 Å². The van der Waals surface area contributed by atoms with Gasteiger partial charge in [0.05, 0.1) is 15.7 Å². The second-order valence-electron chi connectivity index (χ2n) is 5.67. The van der Waals surface area contributed by atoms with Crippen LogP contribution in [-0.4, -0.2) is 47.3 Å². The number of carboxylic acid groups (broad SMARTS) is 1. The number of carbonyl (C=O) groups excluding carboxylic acids is 1. The molecule has 0 atom stereocenters. The molecule has 2 aromatic rings. The third-order valence-corrected chi connectivity index (χ3v) is 4.96. The van der Waals surface area contributed by atoms with Gasteiger partial charge in [0.1, 0.15) is 0 Å². The number of nitrogens with one attached hydrogen (secondary N) is 3. The number of urea groups is 1. The van der Waals surface area contributed by atoms with E-state index >= 15 is 0 Å². The van der Waals surface area contributed by atoms with Crippen molar-refractivity contribution in [3.63, 3.8) is 0 Å². The normalized spacial score (nSPS) is 10.7. The van der Waals surface area contributed by atoms with Gasteiger partial charge in [-0.25, -0.2) is 14.6 Å². The second kappa shape index (κ2) is 10.3. The predicted octanol–water partition coefficient (Wildman–Crippen LogP) is 3.47. The van der Waals surface area contributed by atoms with E-state index in [1.807, 2.05) is 17.3 Å². The third kappa shape index (κ3) is 7.59. The molecule has 0 saturated heterocycles. The van der Waals surface area contributed by atoms with E-state index in [1.165, 1.54) is 11.3 Å². The molecule has 3 amide bonds. The smallest absolute Gasteiger partial charge is 0.404 e. The van der Waals surface area contributed by atoms with E-state index in [0.717, 1.165) is 11.3 Å². The van der Waals surface area contributed by atoms with Gasteiger partial charge in [0.25, 0.3) is 0 Å². The fourth-order valence-corrected chi connectivity index (χ4v) is 3.14. The molecule has 0 spiro atoms. The molecule has 2 rings (SSSR count). The SMILES string of the molecule is CN(CCNC(=O)O)Cc1csc(NC(=O)NCc2ccc(Cl)c(Cl)c2)n1. The van der Waals surface area contributed by atoms with Gasteiger partial charge in [0.2, 0.25) is 0 Å². The lowest BCUT2D eigenvalue weighted by atomic mass is 10.2. The Bertz CT molecular complexity index is 802. The van der Waals surface area contributed by atoms with E-state index in [-0.39, 0.29) is 6.03 Å². The van der Waals surface area contributed by atoms with Crippen molar-refractivity contribution in [1.29, 1.82) is 0 Å². The summed E-state index contributed by atoms with van der Waals surface area (Å²) in [4.78, 5) is 28.7. The second-order valence-corrected chi connectivity index (χ2v) is 7.34. The molecule has 0 saturated carbocycles. The average Bonchev–Trinajstić information content (AvgIpc) is 3.02. The number of thiazole rings is 1. The Labute approximate surface area is 170 Å². The lowest BCUT2D eigenvalue weighted by molar-refractivity contribution is 0.192. The van der Waals surface area contributed by atoms with Crippen LogP contribution in [0.2, 0.25) is 10.0 Å². The van der Waals surface area contributed by atoms with Crippen molar-refractivity contribution in [2.75, 3.05) is 25.5 Å².